The van der Waals surface area contributed by atoms with Crippen molar-refractivity contribution >= 4 is 0 Å². The van der Waals surface area contributed by atoms with Gasteiger partial charge in [0.25, 0.3) is 0 Å². The first kappa shape index (κ1) is 13.3. The lowest BCUT2D eigenvalue weighted by Crippen LogP contribution is -2.50. The third kappa shape index (κ3) is 4.23. The molecule has 0 aromatic carbocycles. The topological polar surface area (TPSA) is 24.5 Å². The van der Waals surface area contributed by atoms with Gasteiger partial charge in [0.1, 0.15) is 0 Å². The molecular formula is C14H28N2O. The van der Waals surface area contributed by atoms with Gasteiger partial charge in [-0.15, -0.1) is 0 Å². The van der Waals surface area contributed by atoms with Gasteiger partial charge in [-0.25, -0.2) is 0 Å². The smallest absolute Gasteiger partial charge is 0.0674 e. The summed E-state index contributed by atoms with van der Waals surface area (Å²) in [5, 5.41) is 3.72. The molecule has 1 aliphatic heterocycles. The Morgan fingerprint density at radius 1 is 1.18 bits per heavy atom. The van der Waals surface area contributed by atoms with E-state index in [2.05, 4.69) is 24.1 Å². The molecule has 0 amide bonds. The van der Waals surface area contributed by atoms with Gasteiger partial charge in [0.2, 0.25) is 0 Å². The second-order valence-electron chi connectivity index (χ2n) is 5.78. The minimum atomic E-state index is 0.404. The van der Waals surface area contributed by atoms with Gasteiger partial charge in [-0.1, -0.05) is 19.3 Å². The first-order valence-corrected chi connectivity index (χ1v) is 7.34. The Kier molecular flexibility index (Phi) is 5.26. The number of nitrogens with one attached hydrogen (secondary N) is 1. The Labute approximate surface area is 106 Å². The molecule has 2 rings (SSSR count). The van der Waals surface area contributed by atoms with E-state index in [1.165, 1.54) is 38.6 Å². The molecule has 3 heteroatoms. The predicted octanol–water partition coefficient (Wildman–Crippen LogP) is 2.02. The van der Waals surface area contributed by atoms with Crippen molar-refractivity contribution in [1.82, 2.24) is 10.2 Å². The fraction of sp³-hybridized carbons (Fsp3) is 1.00. The second-order valence-corrected chi connectivity index (χ2v) is 5.78. The fourth-order valence-corrected chi connectivity index (χ4v) is 3.00. The van der Waals surface area contributed by atoms with E-state index < -0.39 is 0 Å². The molecule has 0 radical (unpaired) electrons. The highest BCUT2D eigenvalue weighted by Gasteiger charge is 2.23. The number of ether oxygens (including phenoxy) is 1. The third-order valence-corrected chi connectivity index (χ3v) is 4.17. The van der Waals surface area contributed by atoms with Crippen molar-refractivity contribution in [2.45, 2.75) is 64.1 Å². The zero-order valence-electron chi connectivity index (χ0n) is 11.5. The van der Waals surface area contributed by atoms with Crippen LogP contribution in [0.4, 0.5) is 0 Å². The molecule has 17 heavy (non-hydrogen) atoms. The molecule has 2 atom stereocenters. The molecule has 1 aliphatic carbocycles. The van der Waals surface area contributed by atoms with Gasteiger partial charge >= 0.3 is 0 Å². The van der Waals surface area contributed by atoms with E-state index in [1.807, 2.05) is 0 Å². The Bertz CT molecular complexity index is 216. The van der Waals surface area contributed by atoms with Crippen LogP contribution in [0.5, 0.6) is 0 Å². The summed E-state index contributed by atoms with van der Waals surface area (Å²) in [6, 6.07) is 1.37. The fourth-order valence-electron chi connectivity index (χ4n) is 3.00. The Morgan fingerprint density at radius 3 is 2.71 bits per heavy atom. The zero-order chi connectivity index (χ0) is 12.1. The zero-order valence-corrected chi connectivity index (χ0v) is 11.5. The maximum Gasteiger partial charge on any atom is 0.0674 e. The van der Waals surface area contributed by atoms with Crippen molar-refractivity contribution in [2.24, 2.45) is 0 Å². The van der Waals surface area contributed by atoms with Gasteiger partial charge in [0, 0.05) is 31.7 Å². The van der Waals surface area contributed by atoms with Gasteiger partial charge in [-0.3, -0.25) is 4.90 Å². The van der Waals surface area contributed by atoms with E-state index in [-0.39, 0.29) is 0 Å². The summed E-state index contributed by atoms with van der Waals surface area (Å²) in [4.78, 5) is 2.56. The second kappa shape index (κ2) is 6.72. The number of morpholine rings is 1. The van der Waals surface area contributed by atoms with Gasteiger partial charge in [0.05, 0.1) is 12.7 Å². The molecule has 1 N–H and O–H groups in total. The van der Waals surface area contributed by atoms with Crippen LogP contribution in [0.2, 0.25) is 0 Å². The monoisotopic (exact) mass is 240 g/mol. The van der Waals surface area contributed by atoms with E-state index in [0.717, 1.165) is 25.7 Å². The lowest BCUT2D eigenvalue weighted by Gasteiger charge is -2.37. The van der Waals surface area contributed by atoms with Crippen molar-refractivity contribution in [2.75, 3.05) is 26.2 Å². The SMILES string of the molecule is CC1CN(CCNC2CCCCC2)C(C)CO1. The van der Waals surface area contributed by atoms with Crippen LogP contribution in [0.1, 0.15) is 46.0 Å². The Hall–Kier alpha value is -0.120. The van der Waals surface area contributed by atoms with Crippen molar-refractivity contribution in [1.29, 1.82) is 0 Å². The predicted molar refractivity (Wildman–Crippen MR) is 71.3 cm³/mol. The summed E-state index contributed by atoms with van der Waals surface area (Å²) in [6.45, 7) is 8.74. The molecule has 2 unspecified atom stereocenters. The van der Waals surface area contributed by atoms with Crippen LogP contribution in [-0.4, -0.2) is 49.3 Å². The summed E-state index contributed by atoms with van der Waals surface area (Å²) in [6.07, 6.45) is 7.45. The lowest BCUT2D eigenvalue weighted by atomic mass is 9.95. The van der Waals surface area contributed by atoms with Crippen LogP contribution in [0.3, 0.4) is 0 Å². The third-order valence-electron chi connectivity index (χ3n) is 4.17. The molecule has 1 saturated heterocycles. The molecule has 100 valence electrons. The Balaban J connectivity index is 1.63. The van der Waals surface area contributed by atoms with E-state index in [1.54, 1.807) is 0 Å². The van der Waals surface area contributed by atoms with Crippen molar-refractivity contribution < 1.29 is 4.74 Å². The molecular weight excluding hydrogens is 212 g/mol. The molecule has 3 nitrogen and oxygen atoms in total. The van der Waals surface area contributed by atoms with Gasteiger partial charge in [0.15, 0.2) is 0 Å². The van der Waals surface area contributed by atoms with E-state index in [4.69, 9.17) is 4.74 Å². The number of hydrogen-bond acceptors (Lipinski definition) is 3. The molecule has 1 heterocycles. The number of hydrogen-bond donors (Lipinski definition) is 1. The number of rotatable bonds is 4. The molecule has 0 bridgehead atoms. The average molecular weight is 240 g/mol. The quantitative estimate of drug-likeness (QED) is 0.813. The number of nitrogens with zero attached hydrogens (tertiary/aromatic N) is 1. The lowest BCUT2D eigenvalue weighted by molar-refractivity contribution is -0.0488. The summed E-state index contributed by atoms with van der Waals surface area (Å²) >= 11 is 0. The minimum absolute atomic E-state index is 0.404. The highest BCUT2D eigenvalue weighted by atomic mass is 16.5. The molecule has 2 fully saturated rings. The summed E-state index contributed by atoms with van der Waals surface area (Å²) in [5.41, 5.74) is 0. The standard InChI is InChI=1S/C14H28N2O/c1-12-11-17-13(2)10-16(12)9-8-15-14-6-4-3-5-7-14/h12-15H,3-11H2,1-2H3. The molecule has 0 spiro atoms. The van der Waals surface area contributed by atoms with Gasteiger partial charge in [-0.2, -0.15) is 0 Å². The van der Waals surface area contributed by atoms with E-state index in [0.29, 0.717) is 12.1 Å². The highest BCUT2D eigenvalue weighted by molar-refractivity contribution is 4.77. The first-order chi connectivity index (χ1) is 8.25. The van der Waals surface area contributed by atoms with Crippen molar-refractivity contribution in [3.63, 3.8) is 0 Å². The van der Waals surface area contributed by atoms with Crippen LogP contribution in [0.25, 0.3) is 0 Å². The maximum atomic E-state index is 5.65. The van der Waals surface area contributed by atoms with E-state index >= 15 is 0 Å². The normalized spacial score (nSPS) is 32.8. The molecule has 2 aliphatic rings. The maximum absolute atomic E-state index is 5.65. The van der Waals surface area contributed by atoms with Crippen LogP contribution < -0.4 is 5.32 Å². The van der Waals surface area contributed by atoms with E-state index in [9.17, 15) is 0 Å². The molecule has 1 saturated carbocycles. The summed E-state index contributed by atoms with van der Waals surface area (Å²) in [7, 11) is 0. The molecule has 0 aromatic rings. The largest absolute Gasteiger partial charge is 0.376 e. The van der Waals surface area contributed by atoms with Crippen molar-refractivity contribution in [3.8, 4) is 0 Å². The Morgan fingerprint density at radius 2 is 1.94 bits per heavy atom. The van der Waals surface area contributed by atoms with Crippen LogP contribution in [0, 0.1) is 0 Å². The summed E-state index contributed by atoms with van der Waals surface area (Å²) in [5.74, 6) is 0. The minimum Gasteiger partial charge on any atom is -0.376 e. The average Bonchev–Trinajstić information content (AvgIpc) is 2.35. The van der Waals surface area contributed by atoms with Crippen molar-refractivity contribution in [3.05, 3.63) is 0 Å². The summed E-state index contributed by atoms with van der Waals surface area (Å²) < 4.78 is 5.65. The van der Waals surface area contributed by atoms with Crippen LogP contribution in [0.15, 0.2) is 0 Å². The van der Waals surface area contributed by atoms with Crippen LogP contribution in [-0.2, 0) is 4.74 Å². The molecule has 0 aromatic heterocycles. The van der Waals surface area contributed by atoms with Gasteiger partial charge < -0.3 is 10.1 Å². The van der Waals surface area contributed by atoms with Gasteiger partial charge in [-0.05, 0) is 26.7 Å². The first-order valence-electron chi connectivity index (χ1n) is 7.34. The highest BCUT2D eigenvalue weighted by Crippen LogP contribution is 2.17. The van der Waals surface area contributed by atoms with Crippen LogP contribution >= 0.6 is 0 Å².